The number of carbonyl (C=O) groups is 1. The van der Waals surface area contributed by atoms with E-state index in [1.807, 2.05) is 4.98 Å². The highest BCUT2D eigenvalue weighted by atomic mass is 31.1. The Morgan fingerprint density at radius 1 is 1.20 bits per heavy atom. The number of alkyl halides is 1. The molecule has 220 valence electrons. The molecule has 0 bridgehead atoms. The van der Waals surface area contributed by atoms with Crippen molar-refractivity contribution in [3.05, 3.63) is 99.1 Å². The maximum Gasteiger partial charge on any atom is 0.331 e. The van der Waals surface area contributed by atoms with E-state index in [4.69, 9.17) is 18.8 Å². The standard InChI is InChI=1S/C26H28F2N3O9P/c1-16(23(34)37-14-17-8-10-18(27)11-9-17)31(41(36)40-19-6-4-3-5-7-19)38-15-20-22(33)26(2,28)24(39-20)30-13-12-21(32)29-25(30)35/h3-13,16,20,22,24,33,41H,14-15H2,1-2H3,(H,29,32,35)/t16?,20-,22-,24-,26-/m1/s1. The molecule has 6 atom stereocenters. The first-order valence-electron chi connectivity index (χ1n) is 12.4. The molecule has 2 aromatic carbocycles. The SMILES string of the molecule is CC(C(=O)OCc1ccc(F)cc1)N(OC[C@H]1O[C@@H](n2ccc(=O)[nH]c2=O)[C@](C)(F)[C@@H]1O)[PH](=O)Oc1ccccc1. The summed E-state index contributed by atoms with van der Waals surface area (Å²) in [6, 6.07) is 13.0. The molecule has 1 saturated heterocycles. The number of halogens is 2. The number of aliphatic hydroxyl groups is 1. The number of nitrogens with zero attached hydrogens (tertiary/aromatic N) is 2. The van der Waals surface area contributed by atoms with Crippen molar-refractivity contribution in [1.82, 2.24) is 14.4 Å². The Balaban J connectivity index is 1.49. The lowest BCUT2D eigenvalue weighted by molar-refractivity contribution is -0.181. The number of carbonyl (C=O) groups excluding carboxylic acids is 1. The van der Waals surface area contributed by atoms with E-state index in [-0.39, 0.29) is 12.4 Å². The van der Waals surface area contributed by atoms with Crippen molar-refractivity contribution in [2.45, 2.75) is 50.6 Å². The fraction of sp³-hybridized carbons (Fsp3) is 0.346. The molecule has 2 N–H and O–H groups in total. The molecule has 2 heterocycles. The highest BCUT2D eigenvalue weighted by Gasteiger charge is 2.55. The predicted molar refractivity (Wildman–Crippen MR) is 140 cm³/mol. The second kappa shape index (κ2) is 12.9. The zero-order chi connectivity index (χ0) is 29.7. The minimum Gasteiger partial charge on any atom is -0.460 e. The summed E-state index contributed by atoms with van der Waals surface area (Å²) in [5.74, 6) is -1.12. The molecule has 1 aromatic heterocycles. The van der Waals surface area contributed by atoms with Crippen molar-refractivity contribution in [2.24, 2.45) is 0 Å². The van der Waals surface area contributed by atoms with Crippen LogP contribution in [0.15, 0.2) is 76.4 Å². The maximum absolute atomic E-state index is 15.6. The van der Waals surface area contributed by atoms with Crippen LogP contribution in [0, 0.1) is 5.82 Å². The smallest absolute Gasteiger partial charge is 0.331 e. The lowest BCUT2D eigenvalue weighted by Gasteiger charge is -2.27. The zero-order valence-electron chi connectivity index (χ0n) is 21.9. The van der Waals surface area contributed by atoms with E-state index in [0.29, 0.717) is 5.56 Å². The van der Waals surface area contributed by atoms with Gasteiger partial charge in [0.1, 0.15) is 36.4 Å². The Labute approximate surface area is 232 Å². The van der Waals surface area contributed by atoms with Gasteiger partial charge in [0, 0.05) is 12.3 Å². The molecule has 0 spiro atoms. The molecule has 0 saturated carbocycles. The number of aromatic nitrogens is 2. The van der Waals surface area contributed by atoms with Gasteiger partial charge in [0.25, 0.3) is 5.56 Å². The number of esters is 1. The summed E-state index contributed by atoms with van der Waals surface area (Å²) in [5, 5.41) is 10.7. The Bertz CT molecular complexity index is 1480. The predicted octanol–water partition coefficient (Wildman–Crippen LogP) is 2.50. The summed E-state index contributed by atoms with van der Waals surface area (Å²) in [4.78, 5) is 44.8. The number of aromatic amines is 1. The van der Waals surface area contributed by atoms with E-state index in [0.717, 1.165) is 28.6 Å². The number of hydroxylamine groups is 1. The van der Waals surface area contributed by atoms with Gasteiger partial charge in [-0.1, -0.05) is 35.2 Å². The van der Waals surface area contributed by atoms with Crippen LogP contribution in [0.25, 0.3) is 0 Å². The molecular weight excluding hydrogens is 567 g/mol. The van der Waals surface area contributed by atoms with Crippen molar-refractivity contribution in [2.75, 3.05) is 6.61 Å². The molecule has 12 nitrogen and oxygen atoms in total. The van der Waals surface area contributed by atoms with Crippen LogP contribution in [-0.4, -0.2) is 56.0 Å². The number of rotatable bonds is 11. The fourth-order valence-corrected chi connectivity index (χ4v) is 5.05. The first kappa shape index (κ1) is 30.3. The number of nitrogens with one attached hydrogen (secondary N) is 1. The largest absolute Gasteiger partial charge is 0.460 e. The first-order chi connectivity index (χ1) is 19.5. The van der Waals surface area contributed by atoms with Crippen molar-refractivity contribution in [3.8, 4) is 5.75 Å². The van der Waals surface area contributed by atoms with E-state index in [1.54, 1.807) is 18.2 Å². The Morgan fingerprint density at radius 3 is 2.54 bits per heavy atom. The van der Waals surface area contributed by atoms with Gasteiger partial charge in [0.05, 0.1) is 6.61 Å². The Hall–Kier alpha value is -3.68. The quantitative estimate of drug-likeness (QED) is 0.192. The number of aliphatic hydroxyl groups excluding tert-OH is 1. The van der Waals surface area contributed by atoms with Gasteiger partial charge >= 0.3 is 19.8 Å². The molecular formula is C26H28F2N3O9P. The number of ether oxygens (including phenoxy) is 2. The molecule has 3 aromatic rings. The van der Waals surface area contributed by atoms with E-state index in [1.165, 1.54) is 43.3 Å². The molecule has 15 heteroatoms. The number of H-pyrrole nitrogens is 1. The van der Waals surface area contributed by atoms with Crippen LogP contribution < -0.4 is 15.8 Å². The molecule has 4 rings (SSSR count). The molecule has 0 aliphatic carbocycles. The number of para-hydroxylation sites is 1. The van der Waals surface area contributed by atoms with Crippen LogP contribution in [0.5, 0.6) is 5.75 Å². The Kier molecular flexibility index (Phi) is 9.51. The third kappa shape index (κ3) is 7.16. The van der Waals surface area contributed by atoms with Gasteiger partial charge in [-0.05, 0) is 43.7 Å². The summed E-state index contributed by atoms with van der Waals surface area (Å²) in [7, 11) is -3.34. The average molecular weight is 595 g/mol. The van der Waals surface area contributed by atoms with Crippen molar-refractivity contribution in [3.63, 3.8) is 0 Å². The molecule has 2 unspecified atom stereocenters. The average Bonchev–Trinajstić information content (AvgIpc) is 3.16. The van der Waals surface area contributed by atoms with Crippen LogP contribution in [0.2, 0.25) is 0 Å². The second-order valence-electron chi connectivity index (χ2n) is 9.35. The van der Waals surface area contributed by atoms with Crippen molar-refractivity contribution < 1.29 is 42.1 Å². The van der Waals surface area contributed by atoms with E-state index in [9.17, 15) is 28.4 Å². The van der Waals surface area contributed by atoms with Gasteiger partial charge in [-0.2, -0.15) is 0 Å². The molecule has 1 fully saturated rings. The second-order valence-corrected chi connectivity index (χ2v) is 10.5. The molecule has 1 aliphatic heterocycles. The van der Waals surface area contributed by atoms with E-state index >= 15 is 4.39 Å². The third-order valence-electron chi connectivity index (χ3n) is 6.31. The summed E-state index contributed by atoms with van der Waals surface area (Å²) in [6.45, 7) is 1.52. The minimum atomic E-state index is -3.34. The van der Waals surface area contributed by atoms with E-state index in [2.05, 4.69) is 0 Å². The normalized spacial score (nSPS) is 23.7. The molecule has 41 heavy (non-hydrogen) atoms. The van der Waals surface area contributed by atoms with Gasteiger partial charge in [-0.25, -0.2) is 13.6 Å². The highest BCUT2D eigenvalue weighted by Crippen LogP contribution is 2.41. The third-order valence-corrected chi connectivity index (χ3v) is 7.60. The van der Waals surface area contributed by atoms with Crippen molar-refractivity contribution in [1.29, 1.82) is 0 Å². The van der Waals surface area contributed by atoms with Gasteiger partial charge < -0.3 is 19.1 Å². The lowest BCUT2D eigenvalue weighted by atomic mass is 9.98. The molecule has 0 amide bonds. The first-order valence-corrected chi connectivity index (χ1v) is 13.7. The summed E-state index contributed by atoms with van der Waals surface area (Å²) < 4.78 is 59.0. The van der Waals surface area contributed by atoms with Crippen LogP contribution in [0.4, 0.5) is 8.78 Å². The Morgan fingerprint density at radius 2 is 1.88 bits per heavy atom. The van der Waals surface area contributed by atoms with Crippen LogP contribution in [0.3, 0.4) is 0 Å². The molecule has 1 aliphatic rings. The van der Waals surface area contributed by atoms with Gasteiger partial charge in [-0.3, -0.25) is 28.5 Å². The van der Waals surface area contributed by atoms with Gasteiger partial charge in [0.15, 0.2) is 11.9 Å². The molecule has 0 radical (unpaired) electrons. The number of hydrogen-bond donors (Lipinski definition) is 2. The fourth-order valence-electron chi connectivity index (χ4n) is 4.02. The topological polar surface area (TPSA) is 149 Å². The minimum absolute atomic E-state index is 0.210. The number of hydrogen-bond acceptors (Lipinski definition) is 9. The maximum atomic E-state index is 15.6. The monoisotopic (exact) mass is 595 g/mol. The van der Waals surface area contributed by atoms with Crippen LogP contribution in [0.1, 0.15) is 25.6 Å². The van der Waals surface area contributed by atoms with Crippen molar-refractivity contribution >= 4 is 14.1 Å². The van der Waals surface area contributed by atoms with E-state index < -0.39 is 68.0 Å². The van der Waals surface area contributed by atoms with Gasteiger partial charge in [0.2, 0.25) is 0 Å². The van der Waals surface area contributed by atoms with Crippen LogP contribution in [-0.2, 0) is 30.3 Å². The number of benzene rings is 2. The summed E-state index contributed by atoms with van der Waals surface area (Å²) in [5.41, 5.74) is -3.67. The summed E-state index contributed by atoms with van der Waals surface area (Å²) in [6.07, 6.45) is -3.84. The lowest BCUT2D eigenvalue weighted by Crippen LogP contribution is -2.44. The summed E-state index contributed by atoms with van der Waals surface area (Å²) >= 11 is 0. The van der Waals surface area contributed by atoms with Gasteiger partial charge in [-0.15, -0.1) is 0 Å². The zero-order valence-corrected chi connectivity index (χ0v) is 22.9. The highest BCUT2D eigenvalue weighted by molar-refractivity contribution is 7.36. The van der Waals surface area contributed by atoms with Crippen LogP contribution >= 0.6 is 8.18 Å².